The van der Waals surface area contributed by atoms with Crippen molar-refractivity contribution < 1.29 is 0 Å². The largest absolute Gasteiger partial charge is 0.314 e. The van der Waals surface area contributed by atoms with E-state index >= 15 is 0 Å². The van der Waals surface area contributed by atoms with E-state index in [0.29, 0.717) is 6.04 Å². The molecule has 1 fully saturated rings. The highest BCUT2D eigenvalue weighted by molar-refractivity contribution is 7.11. The highest BCUT2D eigenvalue weighted by Crippen LogP contribution is 2.34. The fraction of sp³-hybridized carbons (Fsp3) is 0.800. The minimum absolute atomic E-state index is 0.693. The predicted molar refractivity (Wildman–Crippen MR) is 77.2 cm³/mol. The van der Waals surface area contributed by atoms with Crippen LogP contribution in [0.15, 0.2) is 0 Å². The van der Waals surface area contributed by atoms with E-state index in [4.69, 9.17) is 4.98 Å². The van der Waals surface area contributed by atoms with E-state index < -0.39 is 0 Å². The first-order valence-electron chi connectivity index (χ1n) is 7.43. The van der Waals surface area contributed by atoms with Gasteiger partial charge in [0.15, 0.2) is 0 Å². The Morgan fingerprint density at radius 1 is 1.39 bits per heavy atom. The lowest BCUT2D eigenvalue weighted by Crippen LogP contribution is -2.23. The number of nitrogens with zero attached hydrogens (tertiary/aromatic N) is 1. The number of nitrogens with one attached hydrogen (secondary N) is 1. The maximum absolute atomic E-state index is 4.89. The maximum Gasteiger partial charge on any atom is 0.0946 e. The Morgan fingerprint density at radius 3 is 3.00 bits per heavy atom. The lowest BCUT2D eigenvalue weighted by molar-refractivity contribution is 0.344. The van der Waals surface area contributed by atoms with Crippen LogP contribution in [0.3, 0.4) is 0 Å². The summed E-state index contributed by atoms with van der Waals surface area (Å²) in [7, 11) is 0. The number of aromatic nitrogens is 1. The molecule has 0 saturated carbocycles. The predicted octanol–water partition coefficient (Wildman–Crippen LogP) is 3.20. The molecule has 1 aromatic heterocycles. The zero-order chi connectivity index (χ0) is 12.5. The van der Waals surface area contributed by atoms with E-state index in [1.54, 1.807) is 4.88 Å². The SMILES string of the molecule is CC(C)C1CCc2nc(CC3CCCN3)sc2C1. The molecule has 1 aliphatic heterocycles. The van der Waals surface area contributed by atoms with E-state index in [-0.39, 0.29) is 0 Å². The van der Waals surface area contributed by atoms with Gasteiger partial charge in [-0.25, -0.2) is 4.98 Å². The Balaban J connectivity index is 1.68. The Labute approximate surface area is 114 Å². The standard InChI is InChI=1S/C15H24N2S/c1-10(2)11-5-6-13-14(8-11)18-15(17-13)9-12-4-3-7-16-12/h10-12,16H,3-9H2,1-2H3. The maximum atomic E-state index is 4.89. The number of hydrogen-bond acceptors (Lipinski definition) is 3. The van der Waals surface area contributed by atoms with Crippen LogP contribution in [0, 0.1) is 11.8 Å². The van der Waals surface area contributed by atoms with Crippen molar-refractivity contribution in [2.45, 2.75) is 58.4 Å². The van der Waals surface area contributed by atoms with Crippen LogP contribution in [0.25, 0.3) is 0 Å². The summed E-state index contributed by atoms with van der Waals surface area (Å²) < 4.78 is 0. The van der Waals surface area contributed by atoms with Gasteiger partial charge in [-0.05, 0) is 50.5 Å². The number of fused-ring (bicyclic) bond motifs is 1. The van der Waals surface area contributed by atoms with Gasteiger partial charge in [-0.2, -0.15) is 0 Å². The summed E-state index contributed by atoms with van der Waals surface area (Å²) in [4.78, 5) is 6.48. The van der Waals surface area contributed by atoms with E-state index in [0.717, 1.165) is 18.3 Å². The minimum Gasteiger partial charge on any atom is -0.314 e. The van der Waals surface area contributed by atoms with Gasteiger partial charge in [-0.15, -0.1) is 11.3 Å². The summed E-state index contributed by atoms with van der Waals surface area (Å²) >= 11 is 1.99. The van der Waals surface area contributed by atoms with E-state index in [9.17, 15) is 0 Å². The van der Waals surface area contributed by atoms with Crippen LogP contribution >= 0.6 is 11.3 Å². The second kappa shape index (κ2) is 5.30. The summed E-state index contributed by atoms with van der Waals surface area (Å²) in [5.41, 5.74) is 1.42. The third-order valence-corrected chi connectivity index (χ3v) is 5.69. The molecule has 2 heterocycles. The Morgan fingerprint density at radius 2 is 2.28 bits per heavy atom. The van der Waals surface area contributed by atoms with Crippen LogP contribution in [0.5, 0.6) is 0 Å². The van der Waals surface area contributed by atoms with Crippen molar-refractivity contribution in [3.8, 4) is 0 Å². The first-order chi connectivity index (χ1) is 8.72. The monoisotopic (exact) mass is 264 g/mol. The Hall–Kier alpha value is -0.410. The number of aryl methyl sites for hydroxylation is 1. The Kier molecular flexibility index (Phi) is 3.71. The van der Waals surface area contributed by atoms with Gasteiger partial charge in [0.25, 0.3) is 0 Å². The second-order valence-corrected chi connectivity index (χ2v) is 7.39. The molecule has 1 N–H and O–H groups in total. The molecule has 2 nitrogen and oxygen atoms in total. The van der Waals surface area contributed by atoms with Gasteiger partial charge < -0.3 is 5.32 Å². The van der Waals surface area contributed by atoms with Crippen LogP contribution in [0.2, 0.25) is 0 Å². The van der Waals surface area contributed by atoms with Crippen molar-refractivity contribution in [1.82, 2.24) is 10.3 Å². The molecule has 0 aromatic carbocycles. The summed E-state index contributed by atoms with van der Waals surface area (Å²) in [6.45, 7) is 5.92. The fourth-order valence-corrected chi connectivity index (χ4v) is 4.54. The molecule has 0 spiro atoms. The average molecular weight is 264 g/mol. The molecule has 18 heavy (non-hydrogen) atoms. The van der Waals surface area contributed by atoms with Crippen molar-refractivity contribution in [1.29, 1.82) is 0 Å². The molecular weight excluding hydrogens is 240 g/mol. The zero-order valence-electron chi connectivity index (χ0n) is 11.5. The van der Waals surface area contributed by atoms with E-state index in [1.807, 2.05) is 11.3 Å². The van der Waals surface area contributed by atoms with Crippen molar-refractivity contribution in [2.24, 2.45) is 11.8 Å². The van der Waals surface area contributed by atoms with Gasteiger partial charge in [0.05, 0.1) is 10.7 Å². The van der Waals surface area contributed by atoms with Gasteiger partial charge in [0, 0.05) is 17.3 Å². The first kappa shape index (κ1) is 12.6. The van der Waals surface area contributed by atoms with Crippen LogP contribution in [-0.4, -0.2) is 17.6 Å². The van der Waals surface area contributed by atoms with E-state index in [1.165, 1.54) is 49.4 Å². The summed E-state index contributed by atoms with van der Waals surface area (Å²) in [6, 6.07) is 0.693. The molecule has 2 atom stereocenters. The molecule has 1 saturated heterocycles. The molecular formula is C15H24N2S. The number of hydrogen-bond donors (Lipinski definition) is 1. The number of rotatable bonds is 3. The lowest BCUT2D eigenvalue weighted by atomic mass is 9.83. The van der Waals surface area contributed by atoms with Crippen LogP contribution in [-0.2, 0) is 19.3 Å². The minimum atomic E-state index is 0.693. The zero-order valence-corrected chi connectivity index (χ0v) is 12.4. The third-order valence-electron chi connectivity index (χ3n) is 4.55. The molecule has 100 valence electrons. The quantitative estimate of drug-likeness (QED) is 0.907. The average Bonchev–Trinajstić information content (AvgIpc) is 2.96. The smallest absolute Gasteiger partial charge is 0.0946 e. The van der Waals surface area contributed by atoms with Crippen molar-refractivity contribution in [3.63, 3.8) is 0 Å². The lowest BCUT2D eigenvalue weighted by Gasteiger charge is -2.24. The van der Waals surface area contributed by atoms with E-state index in [2.05, 4.69) is 19.2 Å². The fourth-order valence-electron chi connectivity index (χ4n) is 3.25. The summed E-state index contributed by atoms with van der Waals surface area (Å²) in [5, 5.41) is 4.96. The molecule has 2 aliphatic rings. The molecule has 3 rings (SSSR count). The van der Waals surface area contributed by atoms with Crippen molar-refractivity contribution in [3.05, 3.63) is 15.6 Å². The van der Waals surface area contributed by atoms with Crippen LogP contribution in [0.1, 0.15) is 48.7 Å². The van der Waals surface area contributed by atoms with Crippen molar-refractivity contribution in [2.75, 3.05) is 6.54 Å². The Bertz CT molecular complexity index is 405. The third kappa shape index (κ3) is 2.62. The molecule has 0 bridgehead atoms. The number of thiazole rings is 1. The van der Waals surface area contributed by atoms with Gasteiger partial charge >= 0.3 is 0 Å². The summed E-state index contributed by atoms with van der Waals surface area (Å²) in [6.07, 6.45) is 7.67. The molecule has 1 aromatic rings. The van der Waals surface area contributed by atoms with Gasteiger partial charge in [0.2, 0.25) is 0 Å². The second-order valence-electron chi connectivity index (χ2n) is 6.22. The first-order valence-corrected chi connectivity index (χ1v) is 8.25. The normalized spacial score (nSPS) is 27.7. The molecule has 1 aliphatic carbocycles. The summed E-state index contributed by atoms with van der Waals surface area (Å²) in [5.74, 6) is 1.70. The molecule has 2 unspecified atom stereocenters. The highest BCUT2D eigenvalue weighted by Gasteiger charge is 2.25. The van der Waals surface area contributed by atoms with Gasteiger partial charge in [0.1, 0.15) is 0 Å². The topological polar surface area (TPSA) is 24.9 Å². The van der Waals surface area contributed by atoms with Crippen molar-refractivity contribution >= 4 is 11.3 Å². The van der Waals surface area contributed by atoms with Crippen LogP contribution < -0.4 is 5.32 Å². The molecule has 0 amide bonds. The van der Waals surface area contributed by atoms with Gasteiger partial charge in [-0.3, -0.25) is 0 Å². The molecule has 3 heteroatoms. The highest BCUT2D eigenvalue weighted by atomic mass is 32.1. The van der Waals surface area contributed by atoms with Gasteiger partial charge in [-0.1, -0.05) is 13.8 Å². The molecule has 0 radical (unpaired) electrons. The van der Waals surface area contributed by atoms with Crippen LogP contribution in [0.4, 0.5) is 0 Å².